The number of nitrogens with one attached hydrogen (secondary N) is 1. The summed E-state index contributed by atoms with van der Waals surface area (Å²) in [7, 11) is 0. The molecule has 3 heterocycles. The van der Waals surface area contributed by atoms with Crippen molar-refractivity contribution < 1.29 is 4.48 Å². The van der Waals surface area contributed by atoms with Gasteiger partial charge in [-0.3, -0.25) is 4.48 Å². The first-order valence-electron chi connectivity index (χ1n) is 16.6. The molecule has 0 spiro atoms. The van der Waals surface area contributed by atoms with Crippen molar-refractivity contribution in [2.45, 2.75) is 125 Å². The molecule has 3 aliphatic rings. The molecule has 3 aromatic carbocycles. The van der Waals surface area contributed by atoms with Gasteiger partial charge in [-0.15, -0.1) is 0 Å². The fourth-order valence-electron chi connectivity index (χ4n) is 9.83. The molecule has 0 amide bonds. The van der Waals surface area contributed by atoms with E-state index >= 15 is 0 Å². The number of benzene rings is 3. The maximum atomic E-state index is 4.13. The van der Waals surface area contributed by atoms with Gasteiger partial charge in [0.1, 0.15) is 5.54 Å². The molecule has 0 bridgehead atoms. The van der Waals surface area contributed by atoms with Crippen molar-refractivity contribution in [3.8, 4) is 11.4 Å². The number of aromatic nitrogens is 2. The van der Waals surface area contributed by atoms with Crippen LogP contribution in [0.4, 0.5) is 5.69 Å². The van der Waals surface area contributed by atoms with Gasteiger partial charge in [0, 0.05) is 16.6 Å². The van der Waals surface area contributed by atoms with E-state index in [2.05, 4.69) is 147 Å². The summed E-state index contributed by atoms with van der Waals surface area (Å²) in [5, 5.41) is 4.13. The minimum atomic E-state index is -0.0898. The Morgan fingerprint density at radius 1 is 0.767 bits per heavy atom. The Labute approximate surface area is 260 Å². The van der Waals surface area contributed by atoms with Crippen LogP contribution < -0.4 is 15.2 Å². The van der Waals surface area contributed by atoms with Gasteiger partial charge in [0.05, 0.1) is 5.56 Å². The van der Waals surface area contributed by atoms with E-state index in [0.717, 1.165) is 12.8 Å². The molecule has 43 heavy (non-hydrogen) atoms. The second-order valence-corrected chi connectivity index (χ2v) is 16.2. The number of hydrogen-bond donors (Lipinski definition) is 1. The third kappa shape index (κ3) is 3.06. The minimum Gasteiger partial charge on any atom is -0.383 e. The largest absolute Gasteiger partial charge is 0.535 e. The minimum absolute atomic E-state index is 0.0118. The lowest BCUT2D eigenvalue weighted by molar-refractivity contribution is -0.494. The van der Waals surface area contributed by atoms with Crippen LogP contribution >= 0.6 is 0 Å². The van der Waals surface area contributed by atoms with Crippen LogP contribution in [-0.4, -0.2) is 11.5 Å². The number of nitrogens with zero attached hydrogens (tertiary/aromatic N) is 2. The van der Waals surface area contributed by atoms with Crippen molar-refractivity contribution in [3.05, 3.63) is 75.8 Å². The fraction of sp³-hybridized carbons (Fsp3) is 0.513. The molecule has 3 nitrogen and oxygen atoms in total. The first-order valence-corrected chi connectivity index (χ1v) is 16.6. The fourth-order valence-corrected chi connectivity index (χ4v) is 9.83. The molecule has 1 N–H and O–H groups in total. The molecule has 2 aliphatic heterocycles. The summed E-state index contributed by atoms with van der Waals surface area (Å²) in [6.45, 7) is 31.5. The number of hydrogen-bond acceptors (Lipinski definition) is 1. The van der Waals surface area contributed by atoms with Crippen LogP contribution in [0.15, 0.2) is 42.5 Å². The number of anilines is 1. The average Bonchev–Trinajstić information content (AvgIpc) is 3.33. The van der Waals surface area contributed by atoms with Crippen molar-refractivity contribution in [3.63, 3.8) is 0 Å². The molecular formula is C39H51BN3+. The zero-order chi connectivity index (χ0) is 31.2. The predicted molar refractivity (Wildman–Crippen MR) is 184 cm³/mol. The standard InChI is InChI=1S/C39H50BN3/c1-14-38(12)26-17-16-18-29-32(26)34-42(39(38,13)15-2)30-21-27-28(36(8,9)37(10,11)35(27,6)7)22-31(30)43(34)40(41-29)33-24(4)19-23(3)20-25(33)5/h16-22H,14-15H2,1-13H3/p+1. The lowest BCUT2D eigenvalue weighted by Crippen LogP contribution is -2.68. The highest BCUT2D eigenvalue weighted by molar-refractivity contribution is 6.70. The summed E-state index contributed by atoms with van der Waals surface area (Å²) in [5.41, 5.74) is 15.4. The van der Waals surface area contributed by atoms with E-state index < -0.39 is 0 Å². The van der Waals surface area contributed by atoms with Crippen molar-refractivity contribution >= 4 is 29.2 Å². The zero-order valence-electron chi connectivity index (χ0n) is 28.9. The molecule has 2 unspecified atom stereocenters. The van der Waals surface area contributed by atoms with Gasteiger partial charge in [0.2, 0.25) is 0 Å². The highest BCUT2D eigenvalue weighted by Crippen LogP contribution is 2.63. The Morgan fingerprint density at radius 2 is 1.37 bits per heavy atom. The van der Waals surface area contributed by atoms with Gasteiger partial charge in [0.25, 0.3) is 5.82 Å². The van der Waals surface area contributed by atoms with E-state index in [1.165, 1.54) is 67.0 Å². The molecule has 1 aliphatic carbocycles. The quantitative estimate of drug-likeness (QED) is 0.244. The van der Waals surface area contributed by atoms with Crippen LogP contribution in [0.2, 0.25) is 0 Å². The first-order chi connectivity index (χ1) is 20.0. The van der Waals surface area contributed by atoms with Gasteiger partial charge in [-0.25, -0.2) is 4.57 Å². The van der Waals surface area contributed by atoms with Crippen molar-refractivity contribution in [1.29, 1.82) is 0 Å². The Balaban J connectivity index is 1.71. The molecule has 0 saturated heterocycles. The molecule has 2 atom stereocenters. The summed E-state index contributed by atoms with van der Waals surface area (Å²) in [6, 6.07) is 17.0. The van der Waals surface area contributed by atoms with Gasteiger partial charge in [-0.05, 0) is 103 Å². The molecule has 224 valence electrons. The van der Waals surface area contributed by atoms with Crippen LogP contribution in [0.5, 0.6) is 0 Å². The van der Waals surface area contributed by atoms with Crippen molar-refractivity contribution in [1.82, 2.24) is 4.57 Å². The number of rotatable bonds is 3. The predicted octanol–water partition coefficient (Wildman–Crippen LogP) is 8.59. The summed E-state index contributed by atoms with van der Waals surface area (Å²) in [5.74, 6) is 1.37. The number of aryl methyl sites for hydroxylation is 3. The van der Waals surface area contributed by atoms with Gasteiger partial charge in [-0.1, -0.05) is 92.1 Å². The first kappa shape index (κ1) is 28.7. The number of fused-ring (bicyclic) bond motifs is 4. The zero-order valence-corrected chi connectivity index (χ0v) is 28.9. The second-order valence-electron chi connectivity index (χ2n) is 16.2. The molecular weight excluding hydrogens is 521 g/mol. The van der Waals surface area contributed by atoms with E-state index in [9.17, 15) is 0 Å². The van der Waals surface area contributed by atoms with E-state index in [1.807, 2.05) is 0 Å². The van der Waals surface area contributed by atoms with Crippen LogP contribution in [0, 0.1) is 26.2 Å². The van der Waals surface area contributed by atoms with Crippen molar-refractivity contribution in [2.75, 3.05) is 5.23 Å². The van der Waals surface area contributed by atoms with Gasteiger partial charge in [0.15, 0.2) is 11.0 Å². The lowest BCUT2D eigenvalue weighted by atomic mass is 9.58. The Morgan fingerprint density at radius 3 is 1.95 bits per heavy atom. The smallest absolute Gasteiger partial charge is 0.383 e. The van der Waals surface area contributed by atoms with E-state index in [1.54, 1.807) is 0 Å². The molecule has 1 aromatic heterocycles. The molecule has 4 aromatic rings. The SMILES string of the molecule is CCC1(C)c2cccc3c2-c2n(c4cc5c(cc4[n+]2B(c2c(C)cc(C)cc2C)N3)C(C)(C)C(C)(C)C5(C)C)C1(C)CC. The van der Waals surface area contributed by atoms with Crippen LogP contribution in [-0.2, 0) is 21.8 Å². The van der Waals surface area contributed by atoms with Crippen LogP contribution in [0.25, 0.3) is 22.4 Å². The van der Waals surface area contributed by atoms with Gasteiger partial charge in [-0.2, -0.15) is 0 Å². The van der Waals surface area contributed by atoms with Crippen LogP contribution in [0.1, 0.15) is 115 Å². The maximum Gasteiger partial charge on any atom is 0.535 e. The summed E-state index contributed by atoms with van der Waals surface area (Å²) in [6.07, 6.45) is 2.15. The molecule has 0 fully saturated rings. The Kier molecular flexibility index (Phi) is 5.60. The van der Waals surface area contributed by atoms with Crippen LogP contribution in [0.3, 0.4) is 0 Å². The second kappa shape index (κ2) is 8.37. The summed E-state index contributed by atoms with van der Waals surface area (Å²) >= 11 is 0. The molecule has 0 radical (unpaired) electrons. The lowest BCUT2D eigenvalue weighted by Gasteiger charge is -2.49. The molecule has 0 saturated carbocycles. The van der Waals surface area contributed by atoms with E-state index in [0.29, 0.717) is 0 Å². The third-order valence-electron chi connectivity index (χ3n) is 14.0. The molecule has 4 heteroatoms. The highest BCUT2D eigenvalue weighted by Gasteiger charge is 2.61. The third-order valence-corrected chi connectivity index (χ3v) is 14.0. The Bertz CT molecular complexity index is 1850. The van der Waals surface area contributed by atoms with Crippen molar-refractivity contribution in [2.24, 2.45) is 5.41 Å². The topological polar surface area (TPSA) is 20.8 Å². The molecule has 7 rings (SSSR count). The Hall–Kier alpha value is -3.01. The normalized spacial score (nSPS) is 25.5. The average molecular weight is 573 g/mol. The number of imidazole rings is 1. The van der Waals surface area contributed by atoms with E-state index in [4.69, 9.17) is 0 Å². The summed E-state index contributed by atoms with van der Waals surface area (Å²) in [4.78, 5) is 0. The maximum absolute atomic E-state index is 4.13. The monoisotopic (exact) mass is 572 g/mol. The highest BCUT2D eigenvalue weighted by atomic mass is 15.2. The summed E-state index contributed by atoms with van der Waals surface area (Å²) < 4.78 is 5.50. The van der Waals surface area contributed by atoms with Gasteiger partial charge < -0.3 is 5.23 Å². The van der Waals surface area contributed by atoms with E-state index in [-0.39, 0.29) is 34.2 Å². The van der Waals surface area contributed by atoms with Gasteiger partial charge >= 0.3 is 6.98 Å².